The van der Waals surface area contributed by atoms with Crippen LogP contribution in [0.3, 0.4) is 0 Å². The van der Waals surface area contributed by atoms with E-state index >= 15 is 0 Å². The molecule has 1 aliphatic heterocycles. The zero-order valence-electron chi connectivity index (χ0n) is 8.54. The molecular formula is C11H12N2O2. The van der Waals surface area contributed by atoms with Gasteiger partial charge in [0.05, 0.1) is 0 Å². The summed E-state index contributed by atoms with van der Waals surface area (Å²) in [5.74, 6) is 1.20. The molecule has 4 nitrogen and oxygen atoms in total. The van der Waals surface area contributed by atoms with Gasteiger partial charge in [0.1, 0.15) is 0 Å². The molecule has 0 bridgehead atoms. The number of pyridine rings is 1. The average molecular weight is 204 g/mol. The first kappa shape index (κ1) is 8.71. The fourth-order valence-corrected chi connectivity index (χ4v) is 2.02. The summed E-state index contributed by atoms with van der Waals surface area (Å²) in [5.41, 5.74) is 0.446. The number of aryl methyl sites for hydroxylation is 1. The summed E-state index contributed by atoms with van der Waals surface area (Å²) >= 11 is 0. The number of carbonyl (C=O) groups is 1. The van der Waals surface area contributed by atoms with Crippen LogP contribution in [0.5, 0.6) is 5.75 Å². The van der Waals surface area contributed by atoms with Crippen LogP contribution in [0.15, 0.2) is 12.3 Å². The number of aromatic nitrogens is 1. The van der Waals surface area contributed by atoms with Gasteiger partial charge in [0.2, 0.25) is 0 Å². The second kappa shape index (κ2) is 2.72. The fraction of sp³-hybridized carbons (Fsp3) is 0.455. The maximum Gasteiger partial charge on any atom is 0.269 e. The van der Waals surface area contributed by atoms with Crippen molar-refractivity contribution in [1.29, 1.82) is 0 Å². The van der Waals surface area contributed by atoms with Crippen molar-refractivity contribution >= 4 is 11.7 Å². The first-order chi connectivity index (χ1) is 7.20. The molecule has 1 fully saturated rings. The number of amides is 1. The van der Waals surface area contributed by atoms with Gasteiger partial charge in [-0.2, -0.15) is 0 Å². The number of rotatable bonds is 0. The summed E-state index contributed by atoms with van der Waals surface area (Å²) in [4.78, 5) is 15.9. The highest BCUT2D eigenvalue weighted by Crippen LogP contribution is 2.42. The number of fused-ring (bicyclic) bond motifs is 1. The van der Waals surface area contributed by atoms with Crippen molar-refractivity contribution in [2.45, 2.75) is 31.8 Å². The Bertz CT molecular complexity index is 438. The zero-order valence-corrected chi connectivity index (χ0v) is 8.54. The van der Waals surface area contributed by atoms with Crippen LogP contribution in [0, 0.1) is 6.92 Å². The van der Waals surface area contributed by atoms with Crippen LogP contribution < -0.4 is 10.1 Å². The van der Waals surface area contributed by atoms with E-state index in [1.54, 1.807) is 6.20 Å². The first-order valence-electron chi connectivity index (χ1n) is 5.17. The summed E-state index contributed by atoms with van der Waals surface area (Å²) in [6, 6.07) is 1.92. The van der Waals surface area contributed by atoms with Gasteiger partial charge >= 0.3 is 0 Å². The Hall–Kier alpha value is -1.58. The van der Waals surface area contributed by atoms with Crippen molar-refractivity contribution in [3.05, 3.63) is 17.8 Å². The molecular weight excluding hydrogens is 192 g/mol. The number of hydrogen-bond donors (Lipinski definition) is 1. The molecule has 1 amide bonds. The fourth-order valence-electron chi connectivity index (χ4n) is 2.02. The summed E-state index contributed by atoms with van der Waals surface area (Å²) in [7, 11) is 0. The van der Waals surface area contributed by atoms with E-state index in [1.807, 2.05) is 13.0 Å². The van der Waals surface area contributed by atoms with Gasteiger partial charge in [0, 0.05) is 6.20 Å². The molecule has 0 saturated heterocycles. The van der Waals surface area contributed by atoms with E-state index in [4.69, 9.17) is 4.74 Å². The topological polar surface area (TPSA) is 51.2 Å². The number of ether oxygens (including phenoxy) is 1. The third-order valence-corrected chi connectivity index (χ3v) is 3.10. The Labute approximate surface area is 87.7 Å². The van der Waals surface area contributed by atoms with Crippen molar-refractivity contribution in [3.8, 4) is 5.75 Å². The summed E-state index contributed by atoms with van der Waals surface area (Å²) in [6.07, 6.45) is 4.40. The van der Waals surface area contributed by atoms with Crippen LogP contribution in [0.2, 0.25) is 0 Å². The van der Waals surface area contributed by atoms with E-state index in [1.165, 1.54) is 0 Å². The Morgan fingerprint density at radius 1 is 1.53 bits per heavy atom. The van der Waals surface area contributed by atoms with Crippen molar-refractivity contribution < 1.29 is 9.53 Å². The van der Waals surface area contributed by atoms with Crippen LogP contribution >= 0.6 is 0 Å². The molecule has 0 unspecified atom stereocenters. The summed E-state index contributed by atoms with van der Waals surface area (Å²) in [5, 5.41) is 2.80. The molecule has 1 aliphatic carbocycles. The molecule has 2 heterocycles. The molecule has 1 N–H and O–H groups in total. The first-order valence-corrected chi connectivity index (χ1v) is 5.17. The molecule has 3 rings (SSSR count). The quantitative estimate of drug-likeness (QED) is 0.699. The monoisotopic (exact) mass is 204 g/mol. The van der Waals surface area contributed by atoms with Crippen LogP contribution in [-0.4, -0.2) is 16.5 Å². The van der Waals surface area contributed by atoms with Gasteiger partial charge in [-0.15, -0.1) is 0 Å². The van der Waals surface area contributed by atoms with Gasteiger partial charge in [-0.25, -0.2) is 4.98 Å². The van der Waals surface area contributed by atoms with Crippen LogP contribution in [-0.2, 0) is 4.79 Å². The number of anilines is 1. The lowest BCUT2D eigenvalue weighted by Gasteiger charge is -2.42. The zero-order chi connectivity index (χ0) is 10.5. The predicted molar refractivity (Wildman–Crippen MR) is 54.8 cm³/mol. The third-order valence-electron chi connectivity index (χ3n) is 3.10. The molecule has 0 radical (unpaired) electrons. The maximum absolute atomic E-state index is 11.8. The second-order valence-electron chi connectivity index (χ2n) is 4.26. The lowest BCUT2D eigenvalue weighted by atomic mass is 9.78. The Morgan fingerprint density at radius 2 is 2.33 bits per heavy atom. The van der Waals surface area contributed by atoms with Gasteiger partial charge < -0.3 is 10.1 Å². The van der Waals surface area contributed by atoms with E-state index in [9.17, 15) is 4.79 Å². The Kier molecular flexibility index (Phi) is 1.58. The lowest BCUT2D eigenvalue weighted by Crippen LogP contribution is -2.55. The van der Waals surface area contributed by atoms with E-state index in [-0.39, 0.29) is 5.91 Å². The standard InChI is InChI=1S/C11H12N2O2/c1-7-5-8-9(12-6-7)13-10(14)11(15-8)3-2-4-11/h5-6H,2-4H2,1H3,(H,12,13,14). The van der Waals surface area contributed by atoms with Crippen LogP contribution in [0.25, 0.3) is 0 Å². The average Bonchev–Trinajstić information content (AvgIpc) is 2.15. The molecule has 1 spiro atoms. The highest BCUT2D eigenvalue weighted by molar-refractivity contribution is 6.00. The number of nitrogens with zero attached hydrogens (tertiary/aromatic N) is 1. The van der Waals surface area contributed by atoms with Crippen molar-refractivity contribution in [2.75, 3.05) is 5.32 Å². The molecule has 0 aromatic carbocycles. The SMILES string of the molecule is Cc1cnc2c(c1)OC1(CCC1)C(=O)N2. The highest BCUT2D eigenvalue weighted by atomic mass is 16.5. The largest absolute Gasteiger partial charge is 0.474 e. The molecule has 15 heavy (non-hydrogen) atoms. The lowest BCUT2D eigenvalue weighted by molar-refractivity contribution is -0.140. The van der Waals surface area contributed by atoms with Gasteiger partial charge in [0.25, 0.3) is 5.91 Å². The molecule has 1 aromatic heterocycles. The van der Waals surface area contributed by atoms with Crippen LogP contribution in [0.4, 0.5) is 5.82 Å². The van der Waals surface area contributed by atoms with Gasteiger partial charge in [0.15, 0.2) is 17.2 Å². The van der Waals surface area contributed by atoms with E-state index in [2.05, 4.69) is 10.3 Å². The molecule has 2 aliphatic rings. The maximum atomic E-state index is 11.8. The van der Waals surface area contributed by atoms with Crippen molar-refractivity contribution in [2.24, 2.45) is 0 Å². The summed E-state index contributed by atoms with van der Waals surface area (Å²) in [6.45, 7) is 1.96. The van der Waals surface area contributed by atoms with Crippen molar-refractivity contribution in [3.63, 3.8) is 0 Å². The Balaban J connectivity index is 2.03. The summed E-state index contributed by atoms with van der Waals surface area (Å²) < 4.78 is 5.77. The number of hydrogen-bond acceptors (Lipinski definition) is 3. The predicted octanol–water partition coefficient (Wildman–Crippen LogP) is 1.64. The third kappa shape index (κ3) is 1.14. The molecule has 1 aromatic rings. The van der Waals surface area contributed by atoms with Gasteiger partial charge in [-0.3, -0.25) is 4.79 Å². The van der Waals surface area contributed by atoms with Gasteiger partial charge in [-0.1, -0.05) is 0 Å². The molecule has 78 valence electrons. The minimum atomic E-state index is -0.595. The van der Waals surface area contributed by atoms with E-state index < -0.39 is 5.60 Å². The molecule has 1 saturated carbocycles. The second-order valence-corrected chi connectivity index (χ2v) is 4.26. The number of nitrogens with one attached hydrogen (secondary N) is 1. The van der Waals surface area contributed by atoms with E-state index in [0.29, 0.717) is 11.6 Å². The van der Waals surface area contributed by atoms with Gasteiger partial charge in [-0.05, 0) is 37.8 Å². The van der Waals surface area contributed by atoms with E-state index in [0.717, 1.165) is 24.8 Å². The Morgan fingerprint density at radius 3 is 3.00 bits per heavy atom. The minimum Gasteiger partial charge on any atom is -0.474 e. The smallest absolute Gasteiger partial charge is 0.269 e. The highest BCUT2D eigenvalue weighted by Gasteiger charge is 2.49. The normalized spacial score (nSPS) is 21.3. The van der Waals surface area contributed by atoms with Crippen LogP contribution in [0.1, 0.15) is 24.8 Å². The molecule has 0 atom stereocenters. The number of carbonyl (C=O) groups excluding carboxylic acids is 1. The molecule has 4 heteroatoms. The van der Waals surface area contributed by atoms with Crippen molar-refractivity contribution in [1.82, 2.24) is 4.98 Å². The minimum absolute atomic E-state index is 0.0439.